The first-order valence-corrected chi connectivity index (χ1v) is 25.8. The summed E-state index contributed by atoms with van der Waals surface area (Å²) in [5.74, 6) is -1.29. The van der Waals surface area contributed by atoms with Crippen molar-refractivity contribution in [3.8, 4) is 0 Å². The lowest BCUT2D eigenvalue weighted by molar-refractivity contribution is -0.150. The Labute approximate surface area is 382 Å². The SMILES string of the molecule is CC/C=C\C/C=C\C/C=C\C/C=C\CCC(CCCCCCCC(=O)NC(CCCN)C(=O)O)OC(=O)CCCCCCCCCCCCC/C=C\C/C=C\CCCCCCC. The minimum absolute atomic E-state index is 0.0619. The fourth-order valence-corrected chi connectivity index (χ4v) is 7.42. The molecule has 0 aliphatic heterocycles. The fraction of sp³-hybridized carbons (Fsp3) is 0.727. The lowest BCUT2D eigenvalue weighted by atomic mass is 10.0. The quantitative estimate of drug-likeness (QED) is 0.0319. The number of nitrogens with two attached hydrogens (primary N) is 1. The molecule has 0 radical (unpaired) electrons. The number of aliphatic carboxylic acids is 1. The van der Waals surface area contributed by atoms with E-state index >= 15 is 0 Å². The molecule has 0 aromatic heterocycles. The molecule has 62 heavy (non-hydrogen) atoms. The van der Waals surface area contributed by atoms with E-state index in [9.17, 15) is 19.5 Å². The molecular weight excluding hydrogens is 769 g/mol. The Bertz CT molecular complexity index is 1200. The van der Waals surface area contributed by atoms with Gasteiger partial charge in [-0.1, -0.05) is 189 Å². The molecule has 7 nitrogen and oxygen atoms in total. The van der Waals surface area contributed by atoms with E-state index in [0.29, 0.717) is 32.2 Å². The van der Waals surface area contributed by atoms with Gasteiger partial charge in [-0.15, -0.1) is 0 Å². The van der Waals surface area contributed by atoms with Crippen molar-refractivity contribution in [2.45, 2.75) is 251 Å². The highest BCUT2D eigenvalue weighted by Gasteiger charge is 2.19. The van der Waals surface area contributed by atoms with Crippen LogP contribution in [0.25, 0.3) is 0 Å². The van der Waals surface area contributed by atoms with Gasteiger partial charge in [0.05, 0.1) is 0 Å². The molecule has 7 heteroatoms. The highest BCUT2D eigenvalue weighted by Crippen LogP contribution is 2.18. The van der Waals surface area contributed by atoms with Crippen LogP contribution in [0.1, 0.15) is 239 Å². The monoisotopic (exact) mass is 865 g/mol. The molecule has 2 unspecified atom stereocenters. The van der Waals surface area contributed by atoms with Crippen molar-refractivity contribution in [3.05, 3.63) is 72.9 Å². The van der Waals surface area contributed by atoms with Crippen molar-refractivity contribution >= 4 is 17.8 Å². The Kier molecular flexibility index (Phi) is 46.3. The fourth-order valence-electron chi connectivity index (χ4n) is 7.42. The largest absolute Gasteiger partial charge is 0.480 e. The molecule has 0 aromatic carbocycles. The van der Waals surface area contributed by atoms with Crippen molar-refractivity contribution in [2.75, 3.05) is 6.54 Å². The van der Waals surface area contributed by atoms with Crippen LogP contribution in [0.5, 0.6) is 0 Å². The molecule has 0 saturated heterocycles. The number of carbonyl (C=O) groups excluding carboxylic acids is 2. The molecule has 0 heterocycles. The van der Waals surface area contributed by atoms with E-state index < -0.39 is 12.0 Å². The van der Waals surface area contributed by atoms with Crippen molar-refractivity contribution in [3.63, 3.8) is 0 Å². The first kappa shape index (κ1) is 58.8. The molecule has 2 atom stereocenters. The zero-order valence-corrected chi connectivity index (χ0v) is 40.2. The van der Waals surface area contributed by atoms with E-state index in [0.717, 1.165) is 96.3 Å². The van der Waals surface area contributed by atoms with Crippen molar-refractivity contribution in [2.24, 2.45) is 5.73 Å². The van der Waals surface area contributed by atoms with E-state index in [-0.39, 0.29) is 18.0 Å². The summed E-state index contributed by atoms with van der Waals surface area (Å²) in [7, 11) is 0. The summed E-state index contributed by atoms with van der Waals surface area (Å²) in [4.78, 5) is 36.5. The molecule has 0 aliphatic carbocycles. The maximum absolute atomic E-state index is 12.9. The number of hydrogen-bond donors (Lipinski definition) is 3. The molecule has 356 valence electrons. The minimum atomic E-state index is -1.01. The van der Waals surface area contributed by atoms with Gasteiger partial charge >= 0.3 is 11.9 Å². The van der Waals surface area contributed by atoms with Crippen LogP contribution < -0.4 is 11.1 Å². The van der Waals surface area contributed by atoms with Crippen molar-refractivity contribution in [1.29, 1.82) is 0 Å². The van der Waals surface area contributed by atoms with Crippen LogP contribution in [-0.2, 0) is 19.1 Å². The number of carboxylic acid groups (broad SMARTS) is 1. The molecule has 4 N–H and O–H groups in total. The van der Waals surface area contributed by atoms with Gasteiger partial charge in [-0.2, -0.15) is 0 Å². The molecule has 0 saturated carbocycles. The highest BCUT2D eigenvalue weighted by molar-refractivity contribution is 5.83. The Morgan fingerprint density at radius 2 is 0.919 bits per heavy atom. The second kappa shape index (κ2) is 48.8. The maximum atomic E-state index is 12.9. The molecule has 0 aliphatic rings. The molecular formula is C55H96N2O5. The van der Waals surface area contributed by atoms with Crippen molar-refractivity contribution < 1.29 is 24.2 Å². The number of ether oxygens (including phenoxy) is 1. The lowest BCUT2D eigenvalue weighted by Gasteiger charge is -2.17. The Hall–Kier alpha value is -3.19. The van der Waals surface area contributed by atoms with Crippen LogP contribution in [0.15, 0.2) is 72.9 Å². The molecule has 0 rings (SSSR count). The minimum Gasteiger partial charge on any atom is -0.480 e. The summed E-state index contributed by atoms with van der Waals surface area (Å²) < 4.78 is 6.04. The summed E-state index contributed by atoms with van der Waals surface area (Å²) in [5, 5.41) is 12.0. The first-order chi connectivity index (χ1) is 30.4. The van der Waals surface area contributed by atoms with E-state index in [1.165, 1.54) is 103 Å². The number of carboxylic acids is 1. The first-order valence-electron chi connectivity index (χ1n) is 25.8. The van der Waals surface area contributed by atoms with Gasteiger partial charge in [0.15, 0.2) is 0 Å². The van der Waals surface area contributed by atoms with Crippen LogP contribution in [-0.4, -0.2) is 41.6 Å². The molecule has 0 fully saturated rings. The normalized spacial score (nSPS) is 13.2. The van der Waals surface area contributed by atoms with Gasteiger partial charge in [-0.05, 0) is 116 Å². The van der Waals surface area contributed by atoms with E-state index in [1.807, 2.05) is 0 Å². The van der Waals surface area contributed by atoms with E-state index in [2.05, 4.69) is 92.1 Å². The average molecular weight is 865 g/mol. The lowest BCUT2D eigenvalue weighted by Crippen LogP contribution is -2.40. The summed E-state index contributed by atoms with van der Waals surface area (Å²) in [6, 6.07) is -0.868. The van der Waals surface area contributed by atoms with Crippen LogP contribution in [0.4, 0.5) is 0 Å². The van der Waals surface area contributed by atoms with Gasteiger partial charge in [0, 0.05) is 12.8 Å². The number of carbonyl (C=O) groups is 3. The zero-order chi connectivity index (χ0) is 45.2. The van der Waals surface area contributed by atoms with Gasteiger partial charge in [0.1, 0.15) is 12.1 Å². The predicted molar refractivity (Wildman–Crippen MR) is 266 cm³/mol. The maximum Gasteiger partial charge on any atom is 0.326 e. The van der Waals surface area contributed by atoms with Gasteiger partial charge in [0.2, 0.25) is 5.91 Å². The van der Waals surface area contributed by atoms with E-state index in [4.69, 9.17) is 10.5 Å². The highest BCUT2D eigenvalue weighted by atomic mass is 16.5. The van der Waals surface area contributed by atoms with Gasteiger partial charge < -0.3 is 20.9 Å². The third kappa shape index (κ3) is 44.9. The zero-order valence-electron chi connectivity index (χ0n) is 40.2. The summed E-state index contributed by atoms with van der Waals surface area (Å²) in [6.07, 6.45) is 64.0. The number of unbranched alkanes of at least 4 members (excludes halogenated alkanes) is 20. The van der Waals surface area contributed by atoms with E-state index in [1.54, 1.807) is 0 Å². The topological polar surface area (TPSA) is 119 Å². The van der Waals surface area contributed by atoms with Gasteiger partial charge in [-0.25, -0.2) is 4.79 Å². The second-order valence-electron chi connectivity index (χ2n) is 17.2. The third-order valence-electron chi connectivity index (χ3n) is 11.3. The molecule has 0 bridgehead atoms. The Morgan fingerprint density at radius 3 is 1.42 bits per heavy atom. The second-order valence-corrected chi connectivity index (χ2v) is 17.2. The molecule has 0 spiro atoms. The van der Waals surface area contributed by atoms with Crippen LogP contribution in [0, 0.1) is 0 Å². The number of esters is 1. The van der Waals surface area contributed by atoms with Gasteiger partial charge in [-0.3, -0.25) is 9.59 Å². The van der Waals surface area contributed by atoms with Crippen LogP contribution >= 0.6 is 0 Å². The standard InChI is InChI=1S/C55H96N2O5/c1-3-5-7-9-11-13-15-17-18-19-20-21-22-23-24-25-26-28-30-32-34-39-43-49-54(59)62-51(45-40-36-33-31-29-27-16-14-12-10-8-6-4-2)46-41-37-35-38-42-48-53(58)57-52(55(60)61)47-44-50-56/h6,8,12,14-15,17,19-20,27,29,33,36,51-52H,3-5,7,9-11,13,16,18,21-26,28,30-32,34-35,37-50,56H2,1-2H3,(H,57,58)(H,60,61)/b8-6-,14-12-,17-15-,20-19-,29-27-,36-33-. The van der Waals surface area contributed by atoms with Gasteiger partial charge in [0.25, 0.3) is 0 Å². The Morgan fingerprint density at radius 1 is 0.484 bits per heavy atom. The number of allylic oxidation sites excluding steroid dienone is 12. The number of hydrogen-bond acceptors (Lipinski definition) is 5. The van der Waals surface area contributed by atoms with Crippen molar-refractivity contribution in [1.82, 2.24) is 5.32 Å². The third-order valence-corrected chi connectivity index (χ3v) is 11.3. The number of rotatable bonds is 46. The predicted octanol–water partition coefficient (Wildman–Crippen LogP) is 15.5. The van der Waals surface area contributed by atoms with Crippen LogP contribution in [0.2, 0.25) is 0 Å². The molecule has 0 aromatic rings. The molecule has 1 amide bonds. The summed E-state index contributed by atoms with van der Waals surface area (Å²) in [6.45, 7) is 4.83. The smallest absolute Gasteiger partial charge is 0.326 e. The van der Waals surface area contributed by atoms with Crippen LogP contribution in [0.3, 0.4) is 0 Å². The Balaban J connectivity index is 4.29. The summed E-state index contributed by atoms with van der Waals surface area (Å²) in [5.41, 5.74) is 5.50. The summed E-state index contributed by atoms with van der Waals surface area (Å²) >= 11 is 0. The number of amides is 1. The number of nitrogens with one attached hydrogen (secondary N) is 1. The average Bonchev–Trinajstić information content (AvgIpc) is 3.26.